The highest BCUT2D eigenvalue weighted by Crippen LogP contribution is 2.30. The van der Waals surface area contributed by atoms with E-state index in [1.54, 1.807) is 0 Å². The fraction of sp³-hybridized carbons (Fsp3) is 0.588. The van der Waals surface area contributed by atoms with Gasteiger partial charge in [0.25, 0.3) is 5.56 Å². The summed E-state index contributed by atoms with van der Waals surface area (Å²) in [5, 5.41) is 4.40. The maximum atomic E-state index is 14.0. The highest BCUT2D eigenvalue weighted by molar-refractivity contribution is 5.90. The highest BCUT2D eigenvalue weighted by Gasteiger charge is 2.31. The molecule has 1 aliphatic rings. The van der Waals surface area contributed by atoms with E-state index in [1.165, 1.54) is 5.56 Å². The minimum Gasteiger partial charge on any atom is -0.370 e. The minimum absolute atomic E-state index is 0. The van der Waals surface area contributed by atoms with Gasteiger partial charge in [0.15, 0.2) is 0 Å². The number of rotatable bonds is 14. The van der Waals surface area contributed by atoms with Crippen LogP contribution >= 0.6 is 0 Å². The summed E-state index contributed by atoms with van der Waals surface area (Å²) in [4.78, 5) is 26.8. The number of benzene rings is 2. The number of aryl methyl sites for hydroxylation is 1. The molecule has 0 aliphatic carbocycles. The average Bonchev–Trinajstić information content (AvgIpc) is 2.95. The summed E-state index contributed by atoms with van der Waals surface area (Å²) in [6.07, 6.45) is 5.18. The van der Waals surface area contributed by atoms with Crippen molar-refractivity contribution in [1.29, 1.82) is 0 Å². The molecule has 3 atom stereocenters. The van der Waals surface area contributed by atoms with Crippen molar-refractivity contribution < 1.29 is 1.43 Å². The second-order valence-electron chi connectivity index (χ2n) is 12.2. The molecule has 1 unspecified atom stereocenters. The van der Waals surface area contributed by atoms with E-state index in [2.05, 4.69) is 98.2 Å². The van der Waals surface area contributed by atoms with Crippen LogP contribution in [0.25, 0.3) is 10.9 Å². The van der Waals surface area contributed by atoms with Gasteiger partial charge in [-0.2, -0.15) is 0 Å². The smallest absolute Gasteiger partial charge is 0.261 e. The van der Waals surface area contributed by atoms with Gasteiger partial charge in [-0.3, -0.25) is 14.3 Å². The normalized spacial score (nSPS) is 18.7. The van der Waals surface area contributed by atoms with Gasteiger partial charge in [-0.05, 0) is 84.8 Å². The second kappa shape index (κ2) is 14.9. The zero-order valence-electron chi connectivity index (χ0n) is 26.3. The van der Waals surface area contributed by atoms with Crippen molar-refractivity contribution in [2.45, 2.75) is 84.5 Å². The Labute approximate surface area is 249 Å². The fourth-order valence-electron chi connectivity index (χ4n) is 6.48. The molecule has 2 heterocycles. The molecule has 2 aromatic carbocycles. The molecule has 7 heteroatoms. The SMILES string of the molecule is CCCC(c1nc2c(N(CCCc3ccccc3)CCCN(C)C)cccc2c(=O)n1CC)N1C[C@@H](C)N[C@@H](C)C1.[HH]. The Morgan fingerprint density at radius 1 is 0.976 bits per heavy atom. The van der Waals surface area contributed by atoms with Crippen LogP contribution in [0.1, 0.15) is 72.2 Å². The molecule has 0 radical (unpaired) electrons. The number of nitrogens with one attached hydrogen (secondary N) is 1. The number of fused-ring (bicyclic) bond motifs is 1. The number of nitrogens with zero attached hydrogens (tertiary/aromatic N) is 5. The Morgan fingerprint density at radius 3 is 2.34 bits per heavy atom. The fourth-order valence-corrected chi connectivity index (χ4v) is 6.48. The molecule has 0 spiro atoms. The summed E-state index contributed by atoms with van der Waals surface area (Å²) in [5.41, 5.74) is 3.41. The Bertz CT molecular complexity index is 1290. The molecule has 1 saturated heterocycles. The third-order valence-corrected chi connectivity index (χ3v) is 8.31. The van der Waals surface area contributed by atoms with Crippen LogP contribution in [0, 0.1) is 0 Å². The highest BCUT2D eigenvalue weighted by atomic mass is 16.1. The molecule has 3 aromatic rings. The third kappa shape index (κ3) is 7.97. The largest absolute Gasteiger partial charge is 0.370 e. The van der Waals surface area contributed by atoms with E-state index in [0.717, 1.165) is 87.2 Å². The van der Waals surface area contributed by atoms with Gasteiger partial charge >= 0.3 is 0 Å². The molecule has 0 amide bonds. The second-order valence-corrected chi connectivity index (χ2v) is 12.2. The van der Waals surface area contributed by atoms with Gasteiger partial charge in [0, 0.05) is 46.2 Å². The molecule has 226 valence electrons. The van der Waals surface area contributed by atoms with Crippen molar-refractivity contribution in [3.8, 4) is 0 Å². The van der Waals surface area contributed by atoms with E-state index in [0.29, 0.717) is 18.6 Å². The predicted octanol–water partition coefficient (Wildman–Crippen LogP) is 5.58. The zero-order valence-corrected chi connectivity index (χ0v) is 26.3. The van der Waals surface area contributed by atoms with Crippen LogP contribution in [0.5, 0.6) is 0 Å². The Morgan fingerprint density at radius 2 is 1.68 bits per heavy atom. The van der Waals surface area contributed by atoms with Crippen LogP contribution in [0.15, 0.2) is 53.3 Å². The first-order chi connectivity index (χ1) is 19.8. The van der Waals surface area contributed by atoms with Crippen LogP contribution in [0.3, 0.4) is 0 Å². The van der Waals surface area contributed by atoms with Gasteiger partial charge < -0.3 is 15.1 Å². The molecule has 7 nitrogen and oxygen atoms in total. The van der Waals surface area contributed by atoms with Crippen molar-refractivity contribution >= 4 is 16.6 Å². The first-order valence-electron chi connectivity index (χ1n) is 15.8. The van der Waals surface area contributed by atoms with Crippen LogP contribution in [0.2, 0.25) is 0 Å². The summed E-state index contributed by atoms with van der Waals surface area (Å²) in [7, 11) is 4.26. The summed E-state index contributed by atoms with van der Waals surface area (Å²) < 4.78 is 1.94. The standard InChI is InChI=1S/C34H52N6O.H2/c1-7-15-31(39-24-26(3)35-27(4)25-39)33-36-32-29(34(41)40(33)8-2)19-12-20-30(32)38(23-14-21-37(5)6)22-13-18-28-16-10-9-11-17-28;/h9-12,16-17,19-20,26-27,31,35H,7-8,13-15,18,21-25H2,1-6H3;1H/t26-,27+,31?;. The molecule has 1 fully saturated rings. The lowest BCUT2D eigenvalue weighted by molar-refractivity contribution is 0.109. The van der Waals surface area contributed by atoms with Gasteiger partial charge in [-0.1, -0.05) is 49.7 Å². The van der Waals surface area contributed by atoms with E-state index >= 15 is 0 Å². The molecule has 4 rings (SSSR count). The van der Waals surface area contributed by atoms with Crippen molar-refractivity contribution in [3.05, 3.63) is 70.3 Å². The van der Waals surface area contributed by atoms with Gasteiger partial charge in [0.2, 0.25) is 0 Å². The van der Waals surface area contributed by atoms with Gasteiger partial charge in [-0.25, -0.2) is 4.98 Å². The van der Waals surface area contributed by atoms with Gasteiger partial charge in [0.1, 0.15) is 11.3 Å². The summed E-state index contributed by atoms with van der Waals surface area (Å²) in [6.45, 7) is 14.3. The zero-order chi connectivity index (χ0) is 29.4. The van der Waals surface area contributed by atoms with Crippen molar-refractivity contribution in [2.24, 2.45) is 0 Å². The maximum Gasteiger partial charge on any atom is 0.261 e. The van der Waals surface area contributed by atoms with E-state index in [9.17, 15) is 4.79 Å². The molecule has 1 N–H and O–H groups in total. The quantitative estimate of drug-likeness (QED) is 0.277. The lowest BCUT2D eigenvalue weighted by atomic mass is 10.0. The van der Waals surface area contributed by atoms with E-state index < -0.39 is 0 Å². The van der Waals surface area contributed by atoms with Gasteiger partial charge in [0.05, 0.1) is 17.1 Å². The van der Waals surface area contributed by atoms with Crippen LogP contribution in [-0.2, 0) is 13.0 Å². The molecule has 0 bridgehead atoms. The molecule has 1 aliphatic heterocycles. The van der Waals surface area contributed by atoms with Crippen LogP contribution in [-0.4, -0.2) is 78.3 Å². The summed E-state index contributed by atoms with van der Waals surface area (Å²) in [5.74, 6) is 0.929. The average molecular weight is 563 g/mol. The molecule has 41 heavy (non-hydrogen) atoms. The number of hydrogen-bond donors (Lipinski definition) is 1. The number of hydrogen-bond acceptors (Lipinski definition) is 6. The Balaban J connectivity index is 0.00000484. The predicted molar refractivity (Wildman–Crippen MR) is 175 cm³/mol. The number of anilines is 1. The summed E-state index contributed by atoms with van der Waals surface area (Å²) >= 11 is 0. The Kier molecular flexibility index (Phi) is 11.4. The topological polar surface area (TPSA) is 56.6 Å². The Hall–Kier alpha value is -2.74. The van der Waals surface area contributed by atoms with Crippen LogP contribution in [0.4, 0.5) is 5.69 Å². The lowest BCUT2D eigenvalue weighted by Crippen LogP contribution is -2.55. The first kappa shape index (κ1) is 31.2. The van der Waals surface area contributed by atoms with Crippen LogP contribution < -0.4 is 15.8 Å². The number of para-hydroxylation sites is 1. The monoisotopic (exact) mass is 562 g/mol. The van der Waals surface area contributed by atoms with Crippen molar-refractivity contribution in [2.75, 3.05) is 51.7 Å². The first-order valence-corrected chi connectivity index (χ1v) is 15.8. The van der Waals surface area contributed by atoms with Crippen molar-refractivity contribution in [1.82, 2.24) is 24.7 Å². The number of aromatic nitrogens is 2. The van der Waals surface area contributed by atoms with E-state index in [1.807, 2.05) is 16.7 Å². The van der Waals surface area contributed by atoms with E-state index in [4.69, 9.17) is 4.98 Å². The molecule has 0 saturated carbocycles. The van der Waals surface area contributed by atoms with Crippen molar-refractivity contribution in [3.63, 3.8) is 0 Å². The lowest BCUT2D eigenvalue weighted by Gasteiger charge is -2.41. The molecule has 1 aromatic heterocycles. The minimum atomic E-state index is 0. The van der Waals surface area contributed by atoms with E-state index in [-0.39, 0.29) is 13.0 Å². The molecular weight excluding hydrogens is 508 g/mol. The molecular formula is C34H54N6O. The number of piperazine rings is 1. The van der Waals surface area contributed by atoms with Gasteiger partial charge in [-0.15, -0.1) is 0 Å². The summed E-state index contributed by atoms with van der Waals surface area (Å²) in [6, 6.07) is 17.9. The third-order valence-electron chi connectivity index (χ3n) is 8.31. The maximum absolute atomic E-state index is 14.0.